The normalized spacial score (nSPS) is 12.1. The van der Waals surface area contributed by atoms with Gasteiger partial charge in [-0.1, -0.05) is 100 Å². The maximum Gasteiger partial charge on any atom is 3.00 e. The van der Waals surface area contributed by atoms with Gasteiger partial charge in [0.15, 0.2) is 0 Å². The number of ether oxygens (including phenoxy) is 1. The van der Waals surface area contributed by atoms with Crippen LogP contribution in [0.15, 0.2) is 78.0 Å². The molecule has 4 rings (SSSR count). The number of nitrogens with zero attached hydrogens (tertiary/aromatic N) is 2. The van der Waals surface area contributed by atoms with Crippen LogP contribution in [0.4, 0.5) is 11.4 Å². The van der Waals surface area contributed by atoms with E-state index in [2.05, 4.69) is 108 Å². The molecule has 44 heavy (non-hydrogen) atoms. The van der Waals surface area contributed by atoms with Gasteiger partial charge < -0.3 is 14.5 Å². The molecule has 0 aliphatic heterocycles. The van der Waals surface area contributed by atoms with Gasteiger partial charge in [-0.15, -0.1) is 18.6 Å². The van der Waals surface area contributed by atoms with Gasteiger partial charge in [0, 0.05) is 0 Å². The summed E-state index contributed by atoms with van der Waals surface area (Å²) in [6, 6.07) is 23.3. The maximum absolute atomic E-state index is 6.00. The Balaban J connectivity index is 0.000000381. The molecule has 3 aromatic rings. The van der Waals surface area contributed by atoms with Crippen molar-refractivity contribution in [2.75, 3.05) is 45.1 Å². The molecular formula is C39H55LuN2OSi. The number of hydrogen-bond acceptors (Lipinski definition) is 3. The molecule has 0 amide bonds. The number of rotatable bonds is 7. The first-order valence-electron chi connectivity index (χ1n) is 15.4. The molecule has 0 atom stereocenters. The van der Waals surface area contributed by atoms with Crippen molar-refractivity contribution >= 4 is 24.6 Å². The van der Waals surface area contributed by atoms with Gasteiger partial charge in [-0.25, -0.2) is 12.2 Å². The van der Waals surface area contributed by atoms with Crippen LogP contribution in [0.2, 0.25) is 12.1 Å². The standard InChI is InChI=1S/C21H31OSi.2C9H12N.Lu/c1-8-23(9-2,17-12-10-11-13-17)19-15-16(3)14-18(20(19)22-7)21(4,5)6;2*1-8-6-4-5-7-9(8)10(2)3;/h10-11,14-15H,8-9,12H2,1-7H3;2*4-7H,1H2,2-3H3;/q3*-1;+3. The number of para-hydroxylation sites is 2. The quantitative estimate of drug-likeness (QED) is 0.176. The van der Waals surface area contributed by atoms with E-state index in [0.29, 0.717) is 0 Å². The van der Waals surface area contributed by atoms with Crippen molar-refractivity contribution in [2.45, 2.75) is 65.5 Å². The van der Waals surface area contributed by atoms with E-state index >= 15 is 0 Å². The third-order valence-electron chi connectivity index (χ3n) is 8.19. The molecule has 0 fully saturated rings. The molecular weight excluding hydrogens is 715 g/mol. The van der Waals surface area contributed by atoms with Crippen LogP contribution in [0.3, 0.4) is 0 Å². The van der Waals surface area contributed by atoms with E-state index in [4.69, 9.17) is 4.74 Å². The van der Waals surface area contributed by atoms with E-state index in [1.165, 1.54) is 45.0 Å². The Bertz CT molecular complexity index is 1330. The fourth-order valence-electron chi connectivity index (χ4n) is 5.75. The van der Waals surface area contributed by atoms with Crippen molar-refractivity contribution in [1.29, 1.82) is 0 Å². The number of methoxy groups -OCH3 is 1. The second kappa shape index (κ2) is 18.0. The maximum atomic E-state index is 6.00. The molecule has 0 heterocycles. The van der Waals surface area contributed by atoms with Gasteiger partial charge in [0.1, 0.15) is 5.75 Å². The molecule has 1 aliphatic carbocycles. The van der Waals surface area contributed by atoms with Crippen LogP contribution < -0.4 is 19.7 Å². The topological polar surface area (TPSA) is 15.7 Å². The van der Waals surface area contributed by atoms with Crippen molar-refractivity contribution in [3.05, 3.63) is 120 Å². The molecule has 1 aliphatic rings. The van der Waals surface area contributed by atoms with Crippen molar-refractivity contribution in [2.24, 2.45) is 0 Å². The van der Waals surface area contributed by atoms with Gasteiger partial charge in [0.2, 0.25) is 0 Å². The molecule has 0 bridgehead atoms. The summed E-state index contributed by atoms with van der Waals surface area (Å²) in [6.07, 6.45) is 8.99. The first kappa shape index (κ1) is 39.8. The van der Waals surface area contributed by atoms with Crippen LogP contribution in [0.1, 0.15) is 63.3 Å². The predicted octanol–water partition coefficient (Wildman–Crippen LogP) is 9.09. The minimum Gasteiger partial charge on any atom is -0.497 e. The molecule has 0 saturated carbocycles. The van der Waals surface area contributed by atoms with E-state index in [1.54, 1.807) is 0 Å². The fraction of sp³-hybridized carbons (Fsp3) is 0.385. The first-order valence-corrected chi connectivity index (χ1v) is 17.8. The molecule has 0 unspecified atom stereocenters. The molecule has 3 nitrogen and oxygen atoms in total. The van der Waals surface area contributed by atoms with Crippen LogP contribution in [0, 0.1) is 63.7 Å². The third-order valence-corrected chi connectivity index (χ3v) is 13.5. The van der Waals surface area contributed by atoms with Crippen LogP contribution in [0.5, 0.6) is 5.75 Å². The largest absolute Gasteiger partial charge is 3.00 e. The SMILES string of the molecule is CC[Si](CC)(C1=[C-]C=CC1)c1cc(C)cc(C(C)(C)C)c1OC.[CH2-]c1ccccc1N(C)C.[CH2-]c1ccccc1N(C)C.[Lu+3]. The summed E-state index contributed by atoms with van der Waals surface area (Å²) < 4.78 is 6.00. The van der Waals surface area contributed by atoms with E-state index in [9.17, 15) is 0 Å². The minimum absolute atomic E-state index is 0. The Morgan fingerprint density at radius 2 is 1.32 bits per heavy atom. The molecule has 246 valence electrons. The summed E-state index contributed by atoms with van der Waals surface area (Å²) in [6.45, 7) is 21.5. The van der Waals surface area contributed by atoms with Gasteiger partial charge in [0.05, 0.1) is 15.2 Å². The number of benzene rings is 3. The number of allylic oxidation sites excluding steroid dienone is 4. The van der Waals surface area contributed by atoms with E-state index < -0.39 is 8.07 Å². The Hall–Kier alpha value is -2.27. The molecule has 0 N–H and O–H groups in total. The summed E-state index contributed by atoms with van der Waals surface area (Å²) in [4.78, 5) is 4.12. The first-order chi connectivity index (χ1) is 20.2. The third kappa shape index (κ3) is 10.1. The minimum atomic E-state index is -1.78. The van der Waals surface area contributed by atoms with Gasteiger partial charge in [-0.05, 0) is 51.3 Å². The molecule has 3 aromatic carbocycles. The fourth-order valence-corrected chi connectivity index (χ4v) is 10.2. The molecule has 0 spiro atoms. The van der Waals surface area contributed by atoms with Crippen LogP contribution >= 0.6 is 0 Å². The molecule has 0 radical (unpaired) electrons. The Morgan fingerprint density at radius 3 is 1.64 bits per heavy atom. The number of hydrogen-bond donors (Lipinski definition) is 0. The number of aryl methyl sites for hydroxylation is 1. The van der Waals surface area contributed by atoms with Gasteiger partial charge in [-0.3, -0.25) is 6.08 Å². The summed E-state index contributed by atoms with van der Waals surface area (Å²) in [5.74, 6) is 1.12. The molecule has 0 saturated heterocycles. The zero-order chi connectivity index (χ0) is 32.4. The van der Waals surface area contributed by atoms with Crippen LogP contribution in [-0.4, -0.2) is 43.4 Å². The average Bonchev–Trinajstić information content (AvgIpc) is 3.50. The van der Waals surface area contributed by atoms with E-state index in [-0.39, 0.29) is 42.3 Å². The second-order valence-electron chi connectivity index (χ2n) is 12.7. The summed E-state index contributed by atoms with van der Waals surface area (Å²) in [7, 11) is 8.13. The summed E-state index contributed by atoms with van der Waals surface area (Å²) in [5.41, 5.74) is 7.28. The zero-order valence-electron chi connectivity index (χ0n) is 29.0. The Kier molecular flexibility index (Phi) is 16.3. The Labute approximate surface area is 300 Å². The zero-order valence-corrected chi connectivity index (χ0v) is 31.7. The van der Waals surface area contributed by atoms with Crippen molar-refractivity contribution in [3.63, 3.8) is 0 Å². The predicted molar refractivity (Wildman–Crippen MR) is 194 cm³/mol. The second-order valence-corrected chi connectivity index (χ2v) is 17.4. The summed E-state index contributed by atoms with van der Waals surface area (Å²) >= 11 is 0. The van der Waals surface area contributed by atoms with Crippen molar-refractivity contribution < 1.29 is 41.6 Å². The van der Waals surface area contributed by atoms with Gasteiger partial charge in [-0.2, -0.15) is 42.3 Å². The molecule has 5 heteroatoms. The van der Waals surface area contributed by atoms with Crippen LogP contribution in [-0.2, 0) is 5.41 Å². The van der Waals surface area contributed by atoms with Crippen molar-refractivity contribution in [1.82, 2.24) is 0 Å². The Morgan fingerprint density at radius 1 is 0.841 bits per heavy atom. The van der Waals surface area contributed by atoms with Crippen molar-refractivity contribution in [3.8, 4) is 5.75 Å². The summed E-state index contributed by atoms with van der Waals surface area (Å²) in [5, 5.41) is 3.01. The van der Waals surface area contributed by atoms with E-state index in [1.807, 2.05) is 71.7 Å². The average molecular weight is 771 g/mol. The van der Waals surface area contributed by atoms with E-state index in [0.717, 1.165) is 23.3 Å². The van der Waals surface area contributed by atoms with Gasteiger partial charge >= 0.3 is 36.9 Å². The number of anilines is 2. The monoisotopic (exact) mass is 770 g/mol. The smallest absolute Gasteiger partial charge is 0.497 e. The molecule has 0 aromatic heterocycles. The van der Waals surface area contributed by atoms with Crippen LogP contribution in [0.25, 0.3) is 0 Å². The van der Waals surface area contributed by atoms with Gasteiger partial charge in [0.25, 0.3) is 0 Å².